The number of ketones is 1. The van der Waals surface area contributed by atoms with Gasteiger partial charge in [0, 0.05) is 29.2 Å². The molecule has 0 amide bonds. The van der Waals surface area contributed by atoms with E-state index in [2.05, 4.69) is 6.58 Å². The summed E-state index contributed by atoms with van der Waals surface area (Å²) in [6.45, 7) is 8.31. The van der Waals surface area contributed by atoms with Gasteiger partial charge < -0.3 is 19.3 Å². The van der Waals surface area contributed by atoms with Gasteiger partial charge in [-0.05, 0) is 26.8 Å². The standard InChI is InChI=1S/C20H22O7/c1-5-10(2)18(23)26-15-8-20(4)16(22)7-13(27-20)12(9-21)6-14-17(15)11(3)19(24)25-14/h5-7,14-15,17,21H,3,8-9H2,1-2,4H3/b10-5-,12-6?/t14-,15+,17+,20-/m1/s1. The molecule has 7 heteroatoms. The van der Waals surface area contributed by atoms with Crippen molar-refractivity contribution in [3.8, 4) is 0 Å². The van der Waals surface area contributed by atoms with E-state index in [0.29, 0.717) is 11.1 Å². The van der Waals surface area contributed by atoms with Crippen molar-refractivity contribution in [3.05, 3.63) is 47.3 Å². The van der Waals surface area contributed by atoms with Gasteiger partial charge in [-0.25, -0.2) is 9.59 Å². The average Bonchev–Trinajstić information content (AvgIpc) is 3.08. The molecule has 3 aliphatic rings. The number of fused-ring (bicyclic) bond motifs is 3. The van der Waals surface area contributed by atoms with Crippen LogP contribution in [0.2, 0.25) is 0 Å². The zero-order valence-electron chi connectivity index (χ0n) is 15.5. The Morgan fingerprint density at radius 1 is 1.48 bits per heavy atom. The van der Waals surface area contributed by atoms with Gasteiger partial charge in [-0.2, -0.15) is 0 Å². The summed E-state index contributed by atoms with van der Waals surface area (Å²) in [4.78, 5) is 37.0. The Balaban J connectivity index is 2.07. The lowest BCUT2D eigenvalue weighted by Crippen LogP contribution is -2.42. The summed E-state index contributed by atoms with van der Waals surface area (Å²) in [5, 5.41) is 9.70. The third kappa shape index (κ3) is 3.23. The molecule has 0 unspecified atom stereocenters. The summed E-state index contributed by atoms with van der Waals surface area (Å²) in [6.07, 6.45) is 2.83. The quantitative estimate of drug-likeness (QED) is 0.591. The Morgan fingerprint density at radius 2 is 2.19 bits per heavy atom. The maximum Gasteiger partial charge on any atom is 0.334 e. The highest BCUT2D eigenvalue weighted by Crippen LogP contribution is 2.42. The van der Waals surface area contributed by atoms with Crippen LogP contribution in [0.4, 0.5) is 0 Å². The van der Waals surface area contributed by atoms with Crippen molar-refractivity contribution >= 4 is 17.7 Å². The Bertz CT molecular complexity index is 816. The molecule has 3 heterocycles. The van der Waals surface area contributed by atoms with Gasteiger partial charge in [-0.3, -0.25) is 4.79 Å². The van der Waals surface area contributed by atoms with Crippen LogP contribution in [0.25, 0.3) is 0 Å². The Hall–Kier alpha value is -2.67. The first-order valence-corrected chi connectivity index (χ1v) is 8.71. The van der Waals surface area contributed by atoms with Gasteiger partial charge in [-0.1, -0.05) is 12.7 Å². The summed E-state index contributed by atoms with van der Waals surface area (Å²) in [5.74, 6) is -1.90. The van der Waals surface area contributed by atoms with Crippen LogP contribution in [0, 0.1) is 5.92 Å². The highest BCUT2D eigenvalue weighted by Gasteiger charge is 2.52. The van der Waals surface area contributed by atoms with Crippen LogP contribution in [0.1, 0.15) is 27.2 Å². The molecule has 0 saturated carbocycles. The van der Waals surface area contributed by atoms with E-state index in [0.717, 1.165) is 0 Å². The number of aliphatic hydroxyl groups excluding tert-OH is 1. The first-order chi connectivity index (χ1) is 12.7. The molecule has 0 radical (unpaired) electrons. The van der Waals surface area contributed by atoms with E-state index < -0.39 is 42.3 Å². The molecule has 3 aliphatic heterocycles. The zero-order valence-corrected chi connectivity index (χ0v) is 15.5. The van der Waals surface area contributed by atoms with Crippen LogP contribution in [0.15, 0.2) is 47.3 Å². The third-order valence-electron chi connectivity index (χ3n) is 5.24. The highest BCUT2D eigenvalue weighted by atomic mass is 16.6. The molecule has 1 fully saturated rings. The molecular formula is C20H22O7. The molecule has 0 aromatic carbocycles. The SMILES string of the molecule is C=C1C(=O)O[C@@H]2C=C(CO)C3=CC(=O)[C@@](C)(C[C@H](OC(=O)/C(C)=C\C)[C@@H]12)O3. The molecule has 2 bridgehead atoms. The normalized spacial score (nSPS) is 33.1. The van der Waals surface area contributed by atoms with Crippen LogP contribution < -0.4 is 0 Å². The molecule has 3 rings (SSSR count). The van der Waals surface area contributed by atoms with Crippen LogP contribution >= 0.6 is 0 Å². The lowest BCUT2D eigenvalue weighted by Gasteiger charge is -2.31. The number of hydrogen-bond donors (Lipinski definition) is 1. The highest BCUT2D eigenvalue weighted by molar-refractivity contribution is 6.00. The van der Waals surface area contributed by atoms with Gasteiger partial charge in [0.25, 0.3) is 0 Å². The van der Waals surface area contributed by atoms with Crippen LogP contribution in [0.5, 0.6) is 0 Å². The van der Waals surface area contributed by atoms with Crippen molar-refractivity contribution in [2.75, 3.05) is 6.61 Å². The second kappa shape index (κ2) is 6.81. The summed E-state index contributed by atoms with van der Waals surface area (Å²) in [5.41, 5.74) is -0.385. The first kappa shape index (κ1) is 19.1. The predicted molar refractivity (Wildman–Crippen MR) is 94.2 cm³/mol. The fourth-order valence-electron chi connectivity index (χ4n) is 3.46. The van der Waals surface area contributed by atoms with Gasteiger partial charge in [0.15, 0.2) is 5.60 Å². The molecule has 7 nitrogen and oxygen atoms in total. The summed E-state index contributed by atoms with van der Waals surface area (Å²) in [7, 11) is 0. The molecule has 0 spiro atoms. The van der Waals surface area contributed by atoms with Crippen molar-refractivity contribution in [2.45, 2.75) is 45.0 Å². The molecule has 1 N–H and O–H groups in total. The number of allylic oxidation sites excluding steroid dienone is 1. The monoisotopic (exact) mass is 374 g/mol. The molecular weight excluding hydrogens is 352 g/mol. The van der Waals surface area contributed by atoms with Gasteiger partial charge >= 0.3 is 11.9 Å². The van der Waals surface area contributed by atoms with Crippen molar-refractivity contribution < 1.29 is 33.7 Å². The zero-order chi connectivity index (χ0) is 19.9. The van der Waals surface area contributed by atoms with E-state index in [4.69, 9.17) is 14.2 Å². The fourth-order valence-corrected chi connectivity index (χ4v) is 3.46. The van der Waals surface area contributed by atoms with Gasteiger partial charge in [-0.15, -0.1) is 0 Å². The van der Waals surface area contributed by atoms with E-state index in [1.165, 1.54) is 12.2 Å². The van der Waals surface area contributed by atoms with Gasteiger partial charge in [0.2, 0.25) is 5.78 Å². The number of rotatable bonds is 3. The Morgan fingerprint density at radius 3 is 2.81 bits per heavy atom. The number of carbonyl (C=O) groups is 3. The second-order valence-corrected chi connectivity index (χ2v) is 7.10. The molecule has 1 saturated heterocycles. The minimum atomic E-state index is -1.28. The van der Waals surface area contributed by atoms with Crippen molar-refractivity contribution in [1.29, 1.82) is 0 Å². The third-order valence-corrected chi connectivity index (χ3v) is 5.24. The molecule has 4 atom stereocenters. The van der Waals surface area contributed by atoms with Gasteiger partial charge in [0.1, 0.15) is 18.0 Å². The maximum absolute atomic E-state index is 12.5. The maximum atomic E-state index is 12.5. The summed E-state index contributed by atoms with van der Waals surface area (Å²) < 4.78 is 16.8. The Labute approximate surface area is 157 Å². The van der Waals surface area contributed by atoms with Crippen molar-refractivity contribution in [1.82, 2.24) is 0 Å². The smallest absolute Gasteiger partial charge is 0.334 e. The van der Waals surface area contributed by atoms with E-state index in [1.807, 2.05) is 0 Å². The molecule has 0 aromatic rings. The topological polar surface area (TPSA) is 99.1 Å². The second-order valence-electron chi connectivity index (χ2n) is 7.10. The number of ether oxygens (including phenoxy) is 3. The van der Waals surface area contributed by atoms with Crippen LogP contribution in [-0.4, -0.2) is 47.2 Å². The number of carbonyl (C=O) groups excluding carboxylic acids is 3. The van der Waals surface area contributed by atoms with Crippen LogP contribution in [-0.2, 0) is 28.6 Å². The van der Waals surface area contributed by atoms with E-state index in [-0.39, 0.29) is 23.5 Å². The van der Waals surface area contributed by atoms with Crippen LogP contribution in [0.3, 0.4) is 0 Å². The fraction of sp³-hybridized carbons (Fsp3) is 0.450. The number of esters is 2. The van der Waals surface area contributed by atoms with E-state index in [9.17, 15) is 19.5 Å². The molecule has 144 valence electrons. The Kier molecular flexibility index (Phi) is 4.82. The summed E-state index contributed by atoms with van der Waals surface area (Å²) in [6, 6.07) is 0. The van der Waals surface area contributed by atoms with Crippen molar-refractivity contribution in [2.24, 2.45) is 5.92 Å². The number of hydrogen-bond acceptors (Lipinski definition) is 7. The van der Waals surface area contributed by atoms with E-state index >= 15 is 0 Å². The minimum Gasteiger partial charge on any atom is -0.479 e. The molecule has 0 aromatic heterocycles. The summed E-state index contributed by atoms with van der Waals surface area (Å²) >= 11 is 0. The minimum absolute atomic E-state index is 0.0257. The lowest BCUT2D eigenvalue weighted by molar-refractivity contribution is -0.153. The number of aliphatic hydroxyl groups is 1. The lowest BCUT2D eigenvalue weighted by atomic mass is 9.82. The van der Waals surface area contributed by atoms with Crippen molar-refractivity contribution in [3.63, 3.8) is 0 Å². The average molecular weight is 374 g/mol. The predicted octanol–water partition coefficient (Wildman–Crippen LogP) is 1.53. The molecule has 0 aliphatic carbocycles. The largest absolute Gasteiger partial charge is 0.479 e. The van der Waals surface area contributed by atoms with E-state index in [1.54, 1.807) is 26.8 Å². The first-order valence-electron chi connectivity index (χ1n) is 8.71. The molecule has 27 heavy (non-hydrogen) atoms. The van der Waals surface area contributed by atoms with Gasteiger partial charge in [0.05, 0.1) is 12.5 Å².